The van der Waals surface area contributed by atoms with Gasteiger partial charge in [-0.2, -0.15) is 0 Å². The van der Waals surface area contributed by atoms with Crippen molar-refractivity contribution in [3.8, 4) is 11.5 Å². The molecule has 4 rings (SSSR count). The lowest BCUT2D eigenvalue weighted by atomic mass is 10.1. The van der Waals surface area contributed by atoms with Gasteiger partial charge in [0, 0.05) is 11.5 Å². The molecule has 1 fully saturated rings. The molecular weight excluding hydrogens is 556 g/mol. The maximum atomic E-state index is 12.9. The van der Waals surface area contributed by atoms with E-state index in [0.717, 1.165) is 15.6 Å². The van der Waals surface area contributed by atoms with Crippen molar-refractivity contribution in [1.82, 2.24) is 4.90 Å². The molecular formula is C28H25BrN2O5S. The van der Waals surface area contributed by atoms with Crippen LogP contribution in [0.5, 0.6) is 11.5 Å². The zero-order valence-electron chi connectivity index (χ0n) is 20.8. The highest BCUT2D eigenvalue weighted by molar-refractivity contribution is 9.10. The number of carbonyl (C=O) groups excluding carboxylic acids is 2. The number of methoxy groups -OCH3 is 2. The highest BCUT2D eigenvalue weighted by Gasteiger charge is 2.30. The van der Waals surface area contributed by atoms with Crippen LogP contribution < -0.4 is 9.47 Å². The van der Waals surface area contributed by atoms with Crippen LogP contribution in [0.15, 0.2) is 75.0 Å². The molecule has 3 aromatic rings. The van der Waals surface area contributed by atoms with E-state index in [4.69, 9.17) is 14.2 Å². The molecule has 1 aliphatic rings. The zero-order valence-corrected chi connectivity index (χ0v) is 23.2. The average Bonchev–Trinajstić information content (AvgIpc) is 3.17. The van der Waals surface area contributed by atoms with Crippen LogP contribution in [0.1, 0.15) is 27.0 Å². The van der Waals surface area contributed by atoms with E-state index < -0.39 is 5.97 Å². The summed E-state index contributed by atoms with van der Waals surface area (Å²) in [6, 6.07) is 18.5. The van der Waals surface area contributed by atoms with E-state index in [0.29, 0.717) is 39.4 Å². The molecule has 3 aromatic carbocycles. The monoisotopic (exact) mass is 580 g/mol. The van der Waals surface area contributed by atoms with E-state index in [1.54, 1.807) is 44.5 Å². The lowest BCUT2D eigenvalue weighted by Gasteiger charge is -2.13. The van der Waals surface area contributed by atoms with Crippen LogP contribution in [-0.4, -0.2) is 43.2 Å². The Morgan fingerprint density at radius 1 is 1.05 bits per heavy atom. The largest absolute Gasteiger partial charge is 0.493 e. The van der Waals surface area contributed by atoms with Crippen molar-refractivity contribution < 1.29 is 23.8 Å². The number of ether oxygens (including phenoxy) is 3. The Morgan fingerprint density at radius 3 is 2.41 bits per heavy atom. The smallest absolute Gasteiger partial charge is 0.337 e. The van der Waals surface area contributed by atoms with E-state index in [2.05, 4.69) is 20.9 Å². The Morgan fingerprint density at radius 2 is 1.76 bits per heavy atom. The molecule has 0 atom stereocenters. The molecule has 1 heterocycles. The Bertz CT molecular complexity index is 1380. The van der Waals surface area contributed by atoms with Crippen molar-refractivity contribution in [2.24, 2.45) is 4.99 Å². The van der Waals surface area contributed by atoms with Crippen molar-refractivity contribution in [3.05, 3.63) is 92.3 Å². The van der Waals surface area contributed by atoms with Crippen LogP contribution in [0.3, 0.4) is 0 Å². The molecule has 0 bridgehead atoms. The lowest BCUT2D eigenvalue weighted by molar-refractivity contribution is -0.121. The third kappa shape index (κ3) is 6.23. The number of thioether (sulfide) groups is 1. The number of rotatable bonds is 7. The molecule has 0 aromatic heterocycles. The van der Waals surface area contributed by atoms with Crippen LogP contribution in [0.2, 0.25) is 0 Å². The van der Waals surface area contributed by atoms with Crippen LogP contribution in [-0.2, 0) is 16.1 Å². The second-order valence-corrected chi connectivity index (χ2v) is 10.1. The number of carbonyl (C=O) groups is 2. The highest BCUT2D eigenvalue weighted by atomic mass is 79.9. The maximum Gasteiger partial charge on any atom is 0.337 e. The summed E-state index contributed by atoms with van der Waals surface area (Å²) in [6.45, 7) is 2.45. The quantitative estimate of drug-likeness (QED) is 0.239. The first kappa shape index (κ1) is 26.5. The molecule has 0 saturated carbocycles. The van der Waals surface area contributed by atoms with Gasteiger partial charge in [0.25, 0.3) is 5.91 Å². The molecule has 1 saturated heterocycles. The lowest BCUT2D eigenvalue weighted by Crippen LogP contribution is -2.23. The molecule has 0 spiro atoms. The number of likely N-dealkylation sites (N-methyl/N-ethyl adjacent to an activating group) is 1. The number of hydrogen-bond acceptors (Lipinski definition) is 7. The fraction of sp³-hybridized carbons (Fsp3) is 0.179. The van der Waals surface area contributed by atoms with Gasteiger partial charge in [0.05, 0.1) is 30.4 Å². The van der Waals surface area contributed by atoms with Gasteiger partial charge < -0.3 is 14.2 Å². The Kier molecular flexibility index (Phi) is 8.35. The molecule has 1 aliphatic heterocycles. The molecule has 0 N–H and O–H groups in total. The summed E-state index contributed by atoms with van der Waals surface area (Å²) in [5.41, 5.74) is 4.07. The third-order valence-corrected chi connectivity index (χ3v) is 7.35. The first-order valence-electron chi connectivity index (χ1n) is 11.3. The fourth-order valence-corrected chi connectivity index (χ4v) is 4.89. The Balaban J connectivity index is 1.54. The van der Waals surface area contributed by atoms with Gasteiger partial charge in [-0.1, -0.05) is 45.8 Å². The second kappa shape index (κ2) is 11.7. The van der Waals surface area contributed by atoms with Gasteiger partial charge in [-0.25, -0.2) is 9.79 Å². The molecule has 9 heteroatoms. The molecule has 7 nitrogen and oxygen atoms in total. The first-order chi connectivity index (χ1) is 17.8. The van der Waals surface area contributed by atoms with Gasteiger partial charge >= 0.3 is 5.97 Å². The second-order valence-electron chi connectivity index (χ2n) is 8.21. The number of amides is 1. The van der Waals surface area contributed by atoms with Crippen LogP contribution in [0, 0.1) is 6.92 Å². The fourth-order valence-electron chi connectivity index (χ4n) is 3.47. The summed E-state index contributed by atoms with van der Waals surface area (Å²) < 4.78 is 17.1. The SMILES string of the molecule is COC(=O)c1ccc(N=C2SC(=Cc3cc(OC)c(OCc4ccc(C)cc4)cc3Br)C(=O)N2C)cc1. The third-order valence-electron chi connectivity index (χ3n) is 5.60. The summed E-state index contributed by atoms with van der Waals surface area (Å²) in [4.78, 5) is 31.2. The van der Waals surface area contributed by atoms with E-state index in [1.165, 1.54) is 29.3 Å². The van der Waals surface area contributed by atoms with Crippen molar-refractivity contribution in [2.45, 2.75) is 13.5 Å². The number of halogens is 1. The first-order valence-corrected chi connectivity index (χ1v) is 12.9. The van der Waals surface area contributed by atoms with Gasteiger partial charge in [0.15, 0.2) is 16.7 Å². The summed E-state index contributed by atoms with van der Waals surface area (Å²) in [5, 5.41) is 0.531. The van der Waals surface area contributed by atoms with Gasteiger partial charge in [0.2, 0.25) is 0 Å². The van der Waals surface area contributed by atoms with Crippen LogP contribution in [0.25, 0.3) is 6.08 Å². The molecule has 1 amide bonds. The summed E-state index contributed by atoms with van der Waals surface area (Å²) in [5.74, 6) is 0.572. The molecule has 0 unspecified atom stereocenters. The molecule has 0 aliphatic carbocycles. The number of benzene rings is 3. The van der Waals surface area contributed by atoms with E-state index in [1.807, 2.05) is 43.3 Å². The number of aliphatic imine (C=N–C) groups is 1. The van der Waals surface area contributed by atoms with Crippen molar-refractivity contribution in [2.75, 3.05) is 21.3 Å². The number of nitrogens with zero attached hydrogens (tertiary/aromatic N) is 2. The van der Waals surface area contributed by atoms with Gasteiger partial charge in [0.1, 0.15) is 6.61 Å². The predicted molar refractivity (Wildman–Crippen MR) is 149 cm³/mol. The minimum Gasteiger partial charge on any atom is -0.493 e. The Hall–Kier alpha value is -3.56. The Labute approximate surface area is 228 Å². The van der Waals surface area contributed by atoms with Gasteiger partial charge in [-0.15, -0.1) is 0 Å². The van der Waals surface area contributed by atoms with E-state index >= 15 is 0 Å². The van der Waals surface area contributed by atoms with Crippen molar-refractivity contribution in [1.29, 1.82) is 0 Å². The number of aryl methyl sites for hydroxylation is 1. The number of amidine groups is 1. The van der Waals surface area contributed by atoms with Crippen LogP contribution in [0.4, 0.5) is 5.69 Å². The topological polar surface area (TPSA) is 77.4 Å². The molecule has 0 radical (unpaired) electrons. The summed E-state index contributed by atoms with van der Waals surface area (Å²) in [6.07, 6.45) is 1.79. The van der Waals surface area contributed by atoms with E-state index in [-0.39, 0.29) is 5.91 Å². The average molecular weight is 581 g/mol. The summed E-state index contributed by atoms with van der Waals surface area (Å²) in [7, 11) is 4.59. The normalized spacial score (nSPS) is 15.4. The van der Waals surface area contributed by atoms with Gasteiger partial charge in [-0.3, -0.25) is 9.69 Å². The number of esters is 1. The zero-order chi connectivity index (χ0) is 26.5. The van der Waals surface area contributed by atoms with Crippen molar-refractivity contribution >= 4 is 56.5 Å². The van der Waals surface area contributed by atoms with Gasteiger partial charge in [-0.05, 0) is 72.3 Å². The predicted octanol–water partition coefficient (Wildman–Crippen LogP) is 6.37. The minimum absolute atomic E-state index is 0.166. The maximum absolute atomic E-state index is 12.9. The van der Waals surface area contributed by atoms with E-state index in [9.17, 15) is 9.59 Å². The minimum atomic E-state index is -0.417. The van der Waals surface area contributed by atoms with Crippen LogP contribution >= 0.6 is 27.7 Å². The summed E-state index contributed by atoms with van der Waals surface area (Å²) >= 11 is 4.87. The standard InChI is InChI=1S/C28H25BrN2O5S/c1-17-5-7-18(8-6-17)16-36-24-15-22(29)20(13-23(24)34-3)14-25-26(32)31(2)28(37-25)30-21-11-9-19(10-12-21)27(33)35-4/h5-15H,16H2,1-4H3. The molecule has 37 heavy (non-hydrogen) atoms. The highest BCUT2D eigenvalue weighted by Crippen LogP contribution is 2.38. The molecule has 190 valence electrons. The van der Waals surface area contributed by atoms with Crippen molar-refractivity contribution in [3.63, 3.8) is 0 Å². The number of hydrogen-bond donors (Lipinski definition) is 0.